The van der Waals surface area contributed by atoms with Crippen LogP contribution in [0.2, 0.25) is 0 Å². The molecule has 0 unspecified atom stereocenters. The first kappa shape index (κ1) is 18.1. The summed E-state index contributed by atoms with van der Waals surface area (Å²) in [5, 5.41) is 12.4. The summed E-state index contributed by atoms with van der Waals surface area (Å²) in [5.74, 6) is -0.309. The molecule has 3 rings (SSSR count). The second-order valence-corrected chi connectivity index (χ2v) is 6.73. The van der Waals surface area contributed by atoms with Gasteiger partial charge in [-0.1, -0.05) is 23.8 Å². The fourth-order valence-electron chi connectivity index (χ4n) is 3.26. The summed E-state index contributed by atoms with van der Waals surface area (Å²) in [4.78, 5) is 26.9. The van der Waals surface area contributed by atoms with Crippen LogP contribution in [0, 0.1) is 6.92 Å². The van der Waals surface area contributed by atoms with E-state index in [9.17, 15) is 14.7 Å². The van der Waals surface area contributed by atoms with Crippen LogP contribution in [0.4, 0.5) is 5.69 Å². The summed E-state index contributed by atoms with van der Waals surface area (Å²) in [5.41, 5.74) is 2.77. The van der Waals surface area contributed by atoms with E-state index in [0.717, 1.165) is 24.8 Å². The van der Waals surface area contributed by atoms with Gasteiger partial charge in [-0.2, -0.15) is 0 Å². The maximum Gasteiger partial charge on any atom is 0.255 e. The van der Waals surface area contributed by atoms with E-state index in [1.807, 2.05) is 19.1 Å². The maximum atomic E-state index is 12.8. The highest BCUT2D eigenvalue weighted by Crippen LogP contribution is 2.21. The molecule has 1 aliphatic rings. The Kier molecular flexibility index (Phi) is 5.68. The van der Waals surface area contributed by atoms with Crippen LogP contribution in [0.1, 0.15) is 45.5 Å². The standard InChI is InChI=1S/C21H24N2O3/c1-15-8-10-16(11-9-15)20(25)22-18-6-4-5-17(13-18)21(26)23-12-3-2-7-19(23)14-24/h4-6,8-11,13,19,24H,2-3,7,12,14H2,1H3,(H,22,25)/t19-/m0/s1. The first-order chi connectivity index (χ1) is 12.6. The molecule has 136 valence electrons. The Balaban J connectivity index is 1.74. The van der Waals surface area contributed by atoms with Gasteiger partial charge in [-0.25, -0.2) is 0 Å². The van der Waals surface area contributed by atoms with Gasteiger partial charge in [0.2, 0.25) is 0 Å². The maximum absolute atomic E-state index is 12.8. The molecule has 1 atom stereocenters. The number of hydrogen-bond donors (Lipinski definition) is 2. The molecule has 2 amide bonds. The topological polar surface area (TPSA) is 69.6 Å². The molecule has 2 aromatic carbocycles. The Bertz CT molecular complexity index is 786. The second kappa shape index (κ2) is 8.15. The third-order valence-corrected chi connectivity index (χ3v) is 4.78. The zero-order valence-corrected chi connectivity index (χ0v) is 14.9. The van der Waals surface area contributed by atoms with Crippen LogP contribution < -0.4 is 5.32 Å². The lowest BCUT2D eigenvalue weighted by Gasteiger charge is -2.34. The lowest BCUT2D eigenvalue weighted by Crippen LogP contribution is -2.45. The van der Waals surface area contributed by atoms with E-state index in [1.165, 1.54) is 0 Å². The lowest BCUT2D eigenvalue weighted by atomic mass is 10.0. The number of likely N-dealkylation sites (tertiary alicyclic amines) is 1. The highest BCUT2D eigenvalue weighted by atomic mass is 16.3. The van der Waals surface area contributed by atoms with E-state index < -0.39 is 0 Å². The van der Waals surface area contributed by atoms with Gasteiger partial charge >= 0.3 is 0 Å². The molecule has 0 aliphatic carbocycles. The lowest BCUT2D eigenvalue weighted by molar-refractivity contribution is 0.0503. The Morgan fingerprint density at radius 2 is 1.88 bits per heavy atom. The predicted molar refractivity (Wildman–Crippen MR) is 101 cm³/mol. The number of rotatable bonds is 4. The van der Waals surface area contributed by atoms with Crippen molar-refractivity contribution in [1.29, 1.82) is 0 Å². The number of benzene rings is 2. The fraction of sp³-hybridized carbons (Fsp3) is 0.333. The van der Waals surface area contributed by atoms with Gasteiger partial charge in [-0.15, -0.1) is 0 Å². The van der Waals surface area contributed by atoms with Gasteiger partial charge in [0.25, 0.3) is 11.8 Å². The van der Waals surface area contributed by atoms with Crippen LogP contribution in [0.5, 0.6) is 0 Å². The number of carbonyl (C=O) groups excluding carboxylic acids is 2. The SMILES string of the molecule is Cc1ccc(C(=O)Nc2cccc(C(=O)N3CCCC[C@H]3CO)c2)cc1. The van der Waals surface area contributed by atoms with Crippen LogP contribution in [-0.4, -0.2) is 41.0 Å². The molecule has 0 spiro atoms. The first-order valence-electron chi connectivity index (χ1n) is 8.98. The minimum atomic E-state index is -0.208. The minimum Gasteiger partial charge on any atom is -0.394 e. The highest BCUT2D eigenvalue weighted by Gasteiger charge is 2.27. The van der Waals surface area contributed by atoms with E-state index in [4.69, 9.17) is 0 Å². The van der Waals surface area contributed by atoms with Crippen molar-refractivity contribution >= 4 is 17.5 Å². The Morgan fingerprint density at radius 1 is 1.12 bits per heavy atom. The van der Waals surface area contributed by atoms with Crippen molar-refractivity contribution in [3.8, 4) is 0 Å². The van der Waals surface area contributed by atoms with Crippen LogP contribution in [0.3, 0.4) is 0 Å². The van der Waals surface area contributed by atoms with Crippen LogP contribution in [-0.2, 0) is 0 Å². The Morgan fingerprint density at radius 3 is 2.62 bits per heavy atom. The van der Waals surface area contributed by atoms with Crippen molar-refractivity contribution in [3.63, 3.8) is 0 Å². The van der Waals surface area contributed by atoms with Crippen LogP contribution >= 0.6 is 0 Å². The predicted octanol–water partition coefficient (Wildman–Crippen LogP) is 3.23. The summed E-state index contributed by atoms with van der Waals surface area (Å²) in [7, 11) is 0. The van der Waals surface area contributed by atoms with E-state index in [-0.39, 0.29) is 24.5 Å². The van der Waals surface area contributed by atoms with Crippen LogP contribution in [0.15, 0.2) is 48.5 Å². The van der Waals surface area contributed by atoms with Gasteiger partial charge in [-0.05, 0) is 56.5 Å². The molecule has 0 saturated carbocycles. The van der Waals surface area contributed by atoms with E-state index in [0.29, 0.717) is 23.4 Å². The average Bonchev–Trinajstić information content (AvgIpc) is 2.68. The number of anilines is 1. The van der Waals surface area contributed by atoms with Gasteiger partial charge < -0.3 is 15.3 Å². The number of aliphatic hydroxyl groups is 1. The normalized spacial score (nSPS) is 17.0. The molecule has 5 nitrogen and oxygen atoms in total. The van der Waals surface area contributed by atoms with Crippen molar-refractivity contribution in [2.24, 2.45) is 0 Å². The number of hydrogen-bond acceptors (Lipinski definition) is 3. The largest absolute Gasteiger partial charge is 0.394 e. The van der Waals surface area contributed by atoms with Gasteiger partial charge in [-0.3, -0.25) is 9.59 Å². The van der Waals surface area contributed by atoms with Crippen LogP contribution in [0.25, 0.3) is 0 Å². The number of nitrogens with zero attached hydrogens (tertiary/aromatic N) is 1. The third-order valence-electron chi connectivity index (χ3n) is 4.78. The highest BCUT2D eigenvalue weighted by molar-refractivity contribution is 6.05. The van der Waals surface area contributed by atoms with Crippen molar-refractivity contribution in [3.05, 3.63) is 65.2 Å². The van der Waals surface area contributed by atoms with E-state index in [2.05, 4.69) is 5.32 Å². The molecule has 2 aromatic rings. The second-order valence-electron chi connectivity index (χ2n) is 6.73. The number of nitrogens with one attached hydrogen (secondary N) is 1. The molecule has 5 heteroatoms. The minimum absolute atomic E-state index is 0.0183. The van der Waals surface area contributed by atoms with Gasteiger partial charge in [0.05, 0.1) is 12.6 Å². The summed E-state index contributed by atoms with van der Waals surface area (Å²) < 4.78 is 0. The molecule has 0 aromatic heterocycles. The monoisotopic (exact) mass is 352 g/mol. The molecule has 0 radical (unpaired) electrons. The van der Waals surface area contributed by atoms with Crippen molar-refractivity contribution in [2.45, 2.75) is 32.2 Å². The molecular formula is C21H24N2O3. The number of piperidine rings is 1. The van der Waals surface area contributed by atoms with Gasteiger partial charge in [0, 0.05) is 23.4 Å². The number of aliphatic hydroxyl groups excluding tert-OH is 1. The van der Waals surface area contributed by atoms with E-state index >= 15 is 0 Å². The smallest absolute Gasteiger partial charge is 0.255 e. The van der Waals surface area contributed by atoms with Crippen molar-refractivity contribution in [1.82, 2.24) is 4.90 Å². The Labute approximate surface area is 153 Å². The van der Waals surface area contributed by atoms with Gasteiger partial charge in [0.15, 0.2) is 0 Å². The number of carbonyl (C=O) groups is 2. The fourth-order valence-corrected chi connectivity index (χ4v) is 3.26. The van der Waals surface area contributed by atoms with Crippen molar-refractivity contribution in [2.75, 3.05) is 18.5 Å². The molecule has 1 saturated heterocycles. The summed E-state index contributed by atoms with van der Waals surface area (Å²) in [6.07, 6.45) is 2.81. The Hall–Kier alpha value is -2.66. The van der Waals surface area contributed by atoms with Gasteiger partial charge in [0.1, 0.15) is 0 Å². The van der Waals surface area contributed by atoms with E-state index in [1.54, 1.807) is 41.3 Å². The molecule has 26 heavy (non-hydrogen) atoms. The molecule has 1 heterocycles. The van der Waals surface area contributed by atoms with Crippen molar-refractivity contribution < 1.29 is 14.7 Å². The molecule has 1 aliphatic heterocycles. The summed E-state index contributed by atoms with van der Waals surface area (Å²) >= 11 is 0. The summed E-state index contributed by atoms with van der Waals surface area (Å²) in [6.45, 7) is 2.61. The third kappa shape index (κ3) is 4.11. The zero-order valence-electron chi connectivity index (χ0n) is 14.9. The number of aryl methyl sites for hydroxylation is 1. The zero-order chi connectivity index (χ0) is 18.5. The molecule has 1 fully saturated rings. The molecule has 2 N–H and O–H groups in total. The quantitative estimate of drug-likeness (QED) is 0.887. The first-order valence-corrected chi connectivity index (χ1v) is 8.98. The molecule has 0 bridgehead atoms. The molecular weight excluding hydrogens is 328 g/mol. The number of amides is 2. The summed E-state index contributed by atoms with van der Waals surface area (Å²) in [6, 6.07) is 14.2. The average molecular weight is 352 g/mol.